The van der Waals surface area contributed by atoms with E-state index in [9.17, 15) is 4.79 Å². The average molecular weight is 462 g/mol. The quantitative estimate of drug-likeness (QED) is 0.385. The molecule has 3 fully saturated rings. The number of halogens is 1. The lowest BCUT2D eigenvalue weighted by atomic mass is 9.79. The van der Waals surface area contributed by atoms with Crippen molar-refractivity contribution < 1.29 is 4.79 Å². The van der Waals surface area contributed by atoms with E-state index >= 15 is 0 Å². The Kier molecular flexibility index (Phi) is 7.83. The zero-order valence-electron chi connectivity index (χ0n) is 15.9. The molecule has 25 heavy (non-hydrogen) atoms. The number of guanidine groups is 1. The topological polar surface area (TPSA) is 56.7 Å². The van der Waals surface area contributed by atoms with E-state index in [1.807, 2.05) is 0 Å². The van der Waals surface area contributed by atoms with E-state index in [4.69, 9.17) is 4.99 Å². The van der Waals surface area contributed by atoms with Crippen LogP contribution in [0, 0.1) is 17.3 Å². The lowest BCUT2D eigenvalue weighted by molar-refractivity contribution is -0.119. The minimum atomic E-state index is 0. The number of nitrogens with zero attached hydrogens (tertiary/aromatic N) is 2. The number of piperidine rings is 1. The molecule has 2 saturated heterocycles. The molecule has 5 nitrogen and oxygen atoms in total. The van der Waals surface area contributed by atoms with Crippen LogP contribution in [-0.4, -0.2) is 49.5 Å². The van der Waals surface area contributed by atoms with Crippen molar-refractivity contribution in [2.45, 2.75) is 58.8 Å². The fraction of sp³-hybridized carbons (Fsp3) is 0.895. The van der Waals surface area contributed by atoms with Gasteiger partial charge in [0.15, 0.2) is 5.96 Å². The standard InChI is InChI=1S/C19H34N4O.HI/c1-3-20-18(21-12-16-8-5-4-7-15(16)2)23-10-6-9-19(14-23)11-17(24)22-13-19;/h15-16H,3-14H2,1-2H3,(H,20,21)(H,22,24);1H. The second-order valence-electron chi connectivity index (χ2n) is 8.20. The molecule has 6 heteroatoms. The van der Waals surface area contributed by atoms with Crippen LogP contribution in [0.4, 0.5) is 0 Å². The maximum Gasteiger partial charge on any atom is 0.220 e. The number of amides is 1. The summed E-state index contributed by atoms with van der Waals surface area (Å²) in [4.78, 5) is 19.1. The van der Waals surface area contributed by atoms with Gasteiger partial charge in [-0.25, -0.2) is 0 Å². The molecule has 1 saturated carbocycles. The largest absolute Gasteiger partial charge is 0.357 e. The van der Waals surface area contributed by atoms with Gasteiger partial charge >= 0.3 is 0 Å². The molecule has 0 aromatic heterocycles. The van der Waals surface area contributed by atoms with Gasteiger partial charge < -0.3 is 15.5 Å². The Morgan fingerprint density at radius 1 is 1.36 bits per heavy atom. The Labute approximate surface area is 169 Å². The van der Waals surface area contributed by atoms with Crippen molar-refractivity contribution in [2.75, 3.05) is 32.7 Å². The number of hydrogen-bond acceptors (Lipinski definition) is 2. The molecule has 3 aliphatic rings. The van der Waals surface area contributed by atoms with Crippen LogP contribution in [0.5, 0.6) is 0 Å². The van der Waals surface area contributed by atoms with Crippen LogP contribution >= 0.6 is 24.0 Å². The van der Waals surface area contributed by atoms with Crippen molar-refractivity contribution in [2.24, 2.45) is 22.2 Å². The SMILES string of the molecule is CCNC(=NCC1CCCCC1C)N1CCCC2(CNC(=O)C2)C1.I. The summed E-state index contributed by atoms with van der Waals surface area (Å²) >= 11 is 0. The van der Waals surface area contributed by atoms with Crippen LogP contribution in [0.2, 0.25) is 0 Å². The third-order valence-electron chi connectivity index (χ3n) is 6.26. The van der Waals surface area contributed by atoms with E-state index in [-0.39, 0.29) is 35.3 Å². The third kappa shape index (κ3) is 5.23. The van der Waals surface area contributed by atoms with Crippen molar-refractivity contribution >= 4 is 35.8 Å². The summed E-state index contributed by atoms with van der Waals surface area (Å²) in [6, 6.07) is 0. The minimum Gasteiger partial charge on any atom is -0.357 e. The molecule has 0 radical (unpaired) electrons. The first kappa shape index (κ1) is 20.8. The molecular weight excluding hydrogens is 427 g/mol. The molecule has 1 aliphatic carbocycles. The zero-order valence-corrected chi connectivity index (χ0v) is 18.2. The van der Waals surface area contributed by atoms with E-state index in [1.54, 1.807) is 0 Å². The monoisotopic (exact) mass is 462 g/mol. The normalized spacial score (nSPS) is 33.1. The molecule has 2 aliphatic heterocycles. The van der Waals surface area contributed by atoms with Crippen LogP contribution < -0.4 is 10.6 Å². The summed E-state index contributed by atoms with van der Waals surface area (Å²) < 4.78 is 0. The van der Waals surface area contributed by atoms with Crippen LogP contribution in [0.3, 0.4) is 0 Å². The number of likely N-dealkylation sites (tertiary alicyclic amines) is 1. The van der Waals surface area contributed by atoms with Gasteiger partial charge in [0, 0.05) is 44.6 Å². The Hall–Kier alpha value is -0.530. The van der Waals surface area contributed by atoms with Gasteiger partial charge in [0.25, 0.3) is 0 Å². The maximum atomic E-state index is 11.7. The fourth-order valence-electron chi connectivity index (χ4n) is 4.72. The van der Waals surface area contributed by atoms with Crippen LogP contribution in [0.15, 0.2) is 4.99 Å². The number of hydrogen-bond donors (Lipinski definition) is 2. The van der Waals surface area contributed by atoms with Gasteiger partial charge in [0.05, 0.1) is 0 Å². The maximum absolute atomic E-state index is 11.7. The van der Waals surface area contributed by atoms with Gasteiger partial charge in [0.2, 0.25) is 5.91 Å². The highest BCUT2D eigenvalue weighted by Crippen LogP contribution is 2.36. The molecule has 3 atom stereocenters. The molecule has 1 amide bonds. The van der Waals surface area contributed by atoms with Crippen molar-refractivity contribution in [3.8, 4) is 0 Å². The first-order valence-corrected chi connectivity index (χ1v) is 9.92. The van der Waals surface area contributed by atoms with E-state index in [0.29, 0.717) is 6.42 Å². The highest BCUT2D eigenvalue weighted by Gasteiger charge is 2.42. The zero-order chi connectivity index (χ0) is 17.0. The summed E-state index contributed by atoms with van der Waals surface area (Å²) in [5.41, 5.74) is 0.129. The molecule has 0 aromatic carbocycles. The first-order chi connectivity index (χ1) is 11.6. The summed E-state index contributed by atoms with van der Waals surface area (Å²) in [5.74, 6) is 2.82. The number of rotatable bonds is 3. The highest BCUT2D eigenvalue weighted by atomic mass is 127. The van der Waals surface area contributed by atoms with Crippen molar-refractivity contribution in [3.05, 3.63) is 0 Å². The van der Waals surface area contributed by atoms with Crippen molar-refractivity contribution in [1.29, 1.82) is 0 Å². The Balaban J connectivity index is 0.00000225. The Morgan fingerprint density at radius 2 is 2.16 bits per heavy atom. The lowest BCUT2D eigenvalue weighted by Crippen LogP contribution is -2.51. The van der Waals surface area contributed by atoms with Crippen LogP contribution in [0.25, 0.3) is 0 Å². The third-order valence-corrected chi connectivity index (χ3v) is 6.26. The van der Waals surface area contributed by atoms with E-state index < -0.39 is 0 Å². The predicted octanol–water partition coefficient (Wildman–Crippen LogP) is 3.00. The summed E-state index contributed by atoms with van der Waals surface area (Å²) in [6.07, 6.45) is 8.42. The van der Waals surface area contributed by atoms with Crippen molar-refractivity contribution in [1.82, 2.24) is 15.5 Å². The number of carbonyl (C=O) groups excluding carboxylic acids is 1. The predicted molar refractivity (Wildman–Crippen MR) is 113 cm³/mol. The first-order valence-electron chi connectivity index (χ1n) is 9.92. The molecule has 3 unspecified atom stereocenters. The molecule has 144 valence electrons. The molecule has 0 bridgehead atoms. The summed E-state index contributed by atoms with van der Waals surface area (Å²) in [5, 5.41) is 6.53. The van der Waals surface area contributed by atoms with Crippen LogP contribution in [-0.2, 0) is 4.79 Å². The fourth-order valence-corrected chi connectivity index (χ4v) is 4.72. The molecule has 3 rings (SSSR count). The minimum absolute atomic E-state index is 0. The second kappa shape index (κ2) is 9.42. The molecule has 0 aromatic rings. The molecule has 1 spiro atoms. The van der Waals surface area contributed by atoms with Gasteiger partial charge in [-0.05, 0) is 38.0 Å². The molecule has 2 heterocycles. The van der Waals surface area contributed by atoms with Gasteiger partial charge in [-0.1, -0.05) is 26.2 Å². The smallest absolute Gasteiger partial charge is 0.220 e. The van der Waals surface area contributed by atoms with E-state index in [0.717, 1.165) is 63.4 Å². The number of carbonyl (C=O) groups is 1. The molecule has 2 N–H and O–H groups in total. The van der Waals surface area contributed by atoms with Gasteiger partial charge in [0.1, 0.15) is 0 Å². The van der Waals surface area contributed by atoms with E-state index in [2.05, 4.69) is 29.4 Å². The highest BCUT2D eigenvalue weighted by molar-refractivity contribution is 14.0. The number of nitrogens with one attached hydrogen (secondary N) is 2. The Bertz CT molecular complexity index is 484. The summed E-state index contributed by atoms with van der Waals surface area (Å²) in [7, 11) is 0. The Morgan fingerprint density at radius 3 is 2.84 bits per heavy atom. The summed E-state index contributed by atoms with van der Waals surface area (Å²) in [6.45, 7) is 9.22. The van der Waals surface area contributed by atoms with Gasteiger partial charge in [-0.15, -0.1) is 24.0 Å². The average Bonchev–Trinajstić information content (AvgIpc) is 2.93. The van der Waals surface area contributed by atoms with Crippen LogP contribution in [0.1, 0.15) is 58.8 Å². The number of aliphatic imine (C=N–C) groups is 1. The van der Waals surface area contributed by atoms with Gasteiger partial charge in [-0.2, -0.15) is 0 Å². The molecular formula is C19H35IN4O. The van der Waals surface area contributed by atoms with Crippen molar-refractivity contribution in [3.63, 3.8) is 0 Å². The second-order valence-corrected chi connectivity index (χ2v) is 8.20. The van der Waals surface area contributed by atoms with E-state index in [1.165, 1.54) is 25.7 Å². The lowest BCUT2D eigenvalue weighted by Gasteiger charge is -2.41. The van der Waals surface area contributed by atoms with Gasteiger partial charge in [-0.3, -0.25) is 9.79 Å².